The predicted molar refractivity (Wildman–Crippen MR) is 95.6 cm³/mol. The van der Waals surface area contributed by atoms with Gasteiger partial charge in [0.05, 0.1) is 25.0 Å². The molecule has 0 aromatic carbocycles. The van der Waals surface area contributed by atoms with E-state index < -0.39 is 0 Å². The van der Waals surface area contributed by atoms with E-state index in [4.69, 9.17) is 9.47 Å². The van der Waals surface area contributed by atoms with Crippen LogP contribution >= 0.6 is 0 Å². The van der Waals surface area contributed by atoms with E-state index >= 15 is 0 Å². The second-order valence-electron chi connectivity index (χ2n) is 7.25. The third-order valence-electron chi connectivity index (χ3n) is 4.89. The number of ether oxygens (including phenoxy) is 2. The van der Waals surface area contributed by atoms with Crippen molar-refractivity contribution in [1.82, 2.24) is 0 Å². The van der Waals surface area contributed by atoms with Crippen molar-refractivity contribution in [2.45, 2.75) is 85.0 Å². The van der Waals surface area contributed by atoms with Gasteiger partial charge in [-0.05, 0) is 31.6 Å². The average Bonchev–Trinajstić information content (AvgIpc) is 2.96. The standard InChI is InChI=1S/C20H36O4/c1-4-6-8-10-12-23-19(21)17-14-16(3)15-18(17)20(22)24-13-11-9-7-5-2/h16-18H,4-15H2,1-3H3. The topological polar surface area (TPSA) is 52.6 Å². The smallest absolute Gasteiger partial charge is 0.309 e. The van der Waals surface area contributed by atoms with Gasteiger partial charge in [-0.2, -0.15) is 0 Å². The Morgan fingerprint density at radius 3 is 1.54 bits per heavy atom. The molecule has 2 atom stereocenters. The summed E-state index contributed by atoms with van der Waals surface area (Å²) in [5.74, 6) is -0.656. The minimum Gasteiger partial charge on any atom is -0.465 e. The van der Waals surface area contributed by atoms with Crippen LogP contribution in [0.2, 0.25) is 0 Å². The number of carbonyl (C=O) groups is 2. The Kier molecular flexibility index (Phi) is 10.8. The van der Waals surface area contributed by atoms with Crippen LogP contribution in [-0.4, -0.2) is 25.2 Å². The lowest BCUT2D eigenvalue weighted by Gasteiger charge is -2.17. The van der Waals surface area contributed by atoms with Gasteiger partial charge in [0.2, 0.25) is 0 Å². The van der Waals surface area contributed by atoms with Crippen molar-refractivity contribution in [3.63, 3.8) is 0 Å². The lowest BCUT2D eigenvalue weighted by Crippen LogP contribution is -2.29. The van der Waals surface area contributed by atoms with Gasteiger partial charge in [0, 0.05) is 0 Å². The molecule has 4 nitrogen and oxygen atoms in total. The number of rotatable bonds is 12. The van der Waals surface area contributed by atoms with Crippen LogP contribution in [-0.2, 0) is 19.1 Å². The maximum atomic E-state index is 12.3. The van der Waals surface area contributed by atoms with Crippen LogP contribution in [0.25, 0.3) is 0 Å². The van der Waals surface area contributed by atoms with Gasteiger partial charge in [-0.15, -0.1) is 0 Å². The molecule has 2 unspecified atom stereocenters. The quantitative estimate of drug-likeness (QED) is 0.375. The number of carbonyl (C=O) groups excluding carboxylic acids is 2. The molecule has 0 saturated heterocycles. The summed E-state index contributed by atoms with van der Waals surface area (Å²) in [5, 5.41) is 0. The van der Waals surface area contributed by atoms with E-state index in [1.165, 1.54) is 25.7 Å². The first-order valence-corrected chi connectivity index (χ1v) is 9.93. The zero-order chi connectivity index (χ0) is 17.8. The largest absolute Gasteiger partial charge is 0.465 e. The van der Waals surface area contributed by atoms with E-state index in [0.717, 1.165) is 38.5 Å². The molecule has 0 radical (unpaired) electrons. The average molecular weight is 341 g/mol. The lowest BCUT2D eigenvalue weighted by atomic mass is 9.96. The highest BCUT2D eigenvalue weighted by Gasteiger charge is 2.42. The van der Waals surface area contributed by atoms with Crippen LogP contribution < -0.4 is 0 Å². The number of esters is 2. The molecule has 1 aliphatic rings. The van der Waals surface area contributed by atoms with Gasteiger partial charge in [-0.1, -0.05) is 59.3 Å². The molecule has 0 heterocycles. The molecule has 0 bridgehead atoms. The van der Waals surface area contributed by atoms with E-state index in [-0.39, 0.29) is 23.8 Å². The Labute approximate surface area is 147 Å². The molecule has 1 fully saturated rings. The first-order chi connectivity index (χ1) is 11.6. The SMILES string of the molecule is CCCCCCOC(=O)C1CC(C)CC1C(=O)OCCCCCC. The molecule has 0 amide bonds. The molecule has 0 aliphatic heterocycles. The van der Waals surface area contributed by atoms with Crippen LogP contribution in [0.1, 0.15) is 85.0 Å². The van der Waals surface area contributed by atoms with E-state index in [1.54, 1.807) is 0 Å². The highest BCUT2D eigenvalue weighted by atomic mass is 16.5. The van der Waals surface area contributed by atoms with Crippen molar-refractivity contribution in [3.05, 3.63) is 0 Å². The summed E-state index contributed by atoms with van der Waals surface area (Å²) >= 11 is 0. The first-order valence-electron chi connectivity index (χ1n) is 9.93. The summed E-state index contributed by atoms with van der Waals surface area (Å²) in [7, 11) is 0. The Hall–Kier alpha value is -1.06. The van der Waals surface area contributed by atoms with Crippen molar-refractivity contribution in [1.29, 1.82) is 0 Å². The molecular formula is C20H36O4. The van der Waals surface area contributed by atoms with Gasteiger partial charge < -0.3 is 9.47 Å². The molecule has 140 valence electrons. The summed E-state index contributed by atoms with van der Waals surface area (Å²) < 4.78 is 10.8. The molecule has 0 aromatic rings. The Balaban J connectivity index is 2.35. The second kappa shape index (κ2) is 12.3. The predicted octanol–water partition coefficient (Wildman–Crippen LogP) is 4.90. The molecule has 1 saturated carbocycles. The van der Waals surface area contributed by atoms with Gasteiger partial charge in [-0.25, -0.2) is 0 Å². The molecule has 4 heteroatoms. The molecule has 1 aliphatic carbocycles. The van der Waals surface area contributed by atoms with Crippen LogP contribution in [0, 0.1) is 17.8 Å². The second-order valence-corrected chi connectivity index (χ2v) is 7.25. The zero-order valence-corrected chi connectivity index (χ0v) is 15.9. The summed E-state index contributed by atoms with van der Waals surface area (Å²) in [5.41, 5.74) is 0. The third kappa shape index (κ3) is 7.67. The highest BCUT2D eigenvalue weighted by Crippen LogP contribution is 2.37. The minimum absolute atomic E-state index is 0.205. The van der Waals surface area contributed by atoms with E-state index in [0.29, 0.717) is 19.1 Å². The van der Waals surface area contributed by atoms with Crippen molar-refractivity contribution < 1.29 is 19.1 Å². The Morgan fingerprint density at radius 2 is 1.17 bits per heavy atom. The lowest BCUT2D eigenvalue weighted by molar-refractivity contribution is -0.159. The number of hydrogen-bond acceptors (Lipinski definition) is 4. The minimum atomic E-state index is -0.311. The molecule has 24 heavy (non-hydrogen) atoms. The molecular weight excluding hydrogens is 304 g/mol. The van der Waals surface area contributed by atoms with E-state index in [9.17, 15) is 9.59 Å². The van der Waals surface area contributed by atoms with Crippen LogP contribution in [0.15, 0.2) is 0 Å². The van der Waals surface area contributed by atoms with Gasteiger partial charge >= 0.3 is 11.9 Å². The summed E-state index contributed by atoms with van der Waals surface area (Å²) in [4.78, 5) is 24.6. The summed E-state index contributed by atoms with van der Waals surface area (Å²) in [6.07, 6.45) is 10.2. The van der Waals surface area contributed by atoms with E-state index in [2.05, 4.69) is 20.8 Å². The van der Waals surface area contributed by atoms with Crippen LogP contribution in [0.3, 0.4) is 0 Å². The molecule has 0 aromatic heterocycles. The Bertz CT molecular complexity index is 333. The maximum Gasteiger partial charge on any atom is 0.309 e. The number of hydrogen-bond donors (Lipinski definition) is 0. The highest BCUT2D eigenvalue weighted by molar-refractivity contribution is 5.82. The van der Waals surface area contributed by atoms with Crippen molar-refractivity contribution in [3.8, 4) is 0 Å². The summed E-state index contributed by atoms with van der Waals surface area (Å²) in [6.45, 7) is 7.36. The van der Waals surface area contributed by atoms with Crippen molar-refractivity contribution in [2.24, 2.45) is 17.8 Å². The monoisotopic (exact) mass is 340 g/mol. The normalized spacial score (nSPS) is 23.2. The van der Waals surface area contributed by atoms with Crippen molar-refractivity contribution in [2.75, 3.05) is 13.2 Å². The first kappa shape index (κ1) is 21.0. The zero-order valence-electron chi connectivity index (χ0n) is 15.9. The maximum absolute atomic E-state index is 12.3. The Morgan fingerprint density at radius 1 is 0.750 bits per heavy atom. The van der Waals surface area contributed by atoms with Crippen LogP contribution in [0.5, 0.6) is 0 Å². The fourth-order valence-electron chi connectivity index (χ4n) is 3.43. The van der Waals surface area contributed by atoms with Gasteiger partial charge in [-0.3, -0.25) is 9.59 Å². The fraction of sp³-hybridized carbons (Fsp3) is 0.900. The van der Waals surface area contributed by atoms with E-state index in [1.807, 2.05) is 0 Å². The van der Waals surface area contributed by atoms with Gasteiger partial charge in [0.25, 0.3) is 0 Å². The third-order valence-corrected chi connectivity index (χ3v) is 4.89. The van der Waals surface area contributed by atoms with Gasteiger partial charge in [0.15, 0.2) is 0 Å². The summed E-state index contributed by atoms with van der Waals surface area (Å²) in [6, 6.07) is 0. The van der Waals surface area contributed by atoms with Crippen LogP contribution in [0.4, 0.5) is 0 Å². The fourth-order valence-corrected chi connectivity index (χ4v) is 3.43. The van der Waals surface area contributed by atoms with Gasteiger partial charge in [0.1, 0.15) is 0 Å². The molecule has 0 spiro atoms. The molecule has 0 N–H and O–H groups in total. The number of unbranched alkanes of at least 4 members (excludes halogenated alkanes) is 6. The molecule has 1 rings (SSSR count). The van der Waals surface area contributed by atoms with Crippen molar-refractivity contribution >= 4 is 11.9 Å².